The summed E-state index contributed by atoms with van der Waals surface area (Å²) < 4.78 is 0. The van der Waals surface area contributed by atoms with Gasteiger partial charge in [-0.3, -0.25) is 9.59 Å². The molecular weight excluding hydrogens is 440 g/mol. The van der Waals surface area contributed by atoms with Crippen LogP contribution in [0.4, 0.5) is 0 Å². The summed E-state index contributed by atoms with van der Waals surface area (Å²) in [5.74, 6) is 1.00. The Bertz CT molecular complexity index is 871. The van der Waals surface area contributed by atoms with E-state index in [1.165, 1.54) is 6.42 Å². The fourth-order valence-electron chi connectivity index (χ4n) is 4.10. The molecular formula is C26H33ClN2O2S. The van der Waals surface area contributed by atoms with E-state index in [0.717, 1.165) is 43.2 Å². The Morgan fingerprint density at radius 1 is 1.06 bits per heavy atom. The molecule has 0 aromatic heterocycles. The first-order valence-corrected chi connectivity index (χ1v) is 13.0. The van der Waals surface area contributed by atoms with Crippen molar-refractivity contribution < 1.29 is 9.59 Å². The van der Waals surface area contributed by atoms with E-state index in [1.54, 1.807) is 16.7 Å². The van der Waals surface area contributed by atoms with Gasteiger partial charge in [-0.1, -0.05) is 73.3 Å². The summed E-state index contributed by atoms with van der Waals surface area (Å²) >= 11 is 7.62. The zero-order valence-electron chi connectivity index (χ0n) is 18.8. The van der Waals surface area contributed by atoms with Crippen molar-refractivity contribution in [2.24, 2.45) is 0 Å². The van der Waals surface area contributed by atoms with Gasteiger partial charge in [0, 0.05) is 23.4 Å². The highest BCUT2D eigenvalue weighted by molar-refractivity contribution is 7.99. The Kier molecular flexibility index (Phi) is 9.94. The molecule has 6 heteroatoms. The van der Waals surface area contributed by atoms with E-state index < -0.39 is 6.04 Å². The number of nitrogens with one attached hydrogen (secondary N) is 1. The molecule has 2 amide bonds. The molecule has 0 bridgehead atoms. The van der Waals surface area contributed by atoms with Crippen molar-refractivity contribution in [2.75, 3.05) is 12.3 Å². The molecule has 1 N–H and O–H groups in total. The summed E-state index contributed by atoms with van der Waals surface area (Å²) in [5, 5.41) is 3.89. The summed E-state index contributed by atoms with van der Waals surface area (Å²) in [7, 11) is 0. The highest BCUT2D eigenvalue weighted by Crippen LogP contribution is 2.19. The van der Waals surface area contributed by atoms with Crippen LogP contribution < -0.4 is 5.32 Å². The van der Waals surface area contributed by atoms with Gasteiger partial charge in [-0.05, 0) is 49.4 Å². The Morgan fingerprint density at radius 3 is 2.50 bits per heavy atom. The molecule has 1 aliphatic rings. The van der Waals surface area contributed by atoms with Crippen LogP contribution in [0.5, 0.6) is 0 Å². The van der Waals surface area contributed by atoms with Crippen LogP contribution in [0.15, 0.2) is 54.6 Å². The molecule has 2 aromatic rings. The van der Waals surface area contributed by atoms with E-state index in [-0.39, 0.29) is 17.9 Å². The minimum atomic E-state index is -0.486. The molecule has 0 aliphatic heterocycles. The highest BCUT2D eigenvalue weighted by Gasteiger charge is 2.27. The predicted octanol–water partition coefficient (Wildman–Crippen LogP) is 5.48. The minimum Gasteiger partial charge on any atom is -0.352 e. The molecule has 0 radical (unpaired) electrons. The third kappa shape index (κ3) is 7.86. The highest BCUT2D eigenvalue weighted by atomic mass is 35.5. The number of carbonyl (C=O) groups is 2. The van der Waals surface area contributed by atoms with Crippen molar-refractivity contribution in [1.29, 1.82) is 0 Å². The number of hydrogen-bond donors (Lipinski definition) is 1. The average molecular weight is 473 g/mol. The molecule has 4 nitrogen and oxygen atoms in total. The van der Waals surface area contributed by atoms with E-state index in [1.807, 2.05) is 49.4 Å². The number of halogens is 1. The summed E-state index contributed by atoms with van der Waals surface area (Å²) in [4.78, 5) is 27.9. The van der Waals surface area contributed by atoms with Crippen molar-refractivity contribution in [2.45, 2.75) is 63.3 Å². The van der Waals surface area contributed by atoms with Gasteiger partial charge in [0.05, 0.1) is 5.75 Å². The predicted molar refractivity (Wildman–Crippen MR) is 134 cm³/mol. The molecule has 2 aromatic carbocycles. The first-order chi connectivity index (χ1) is 15.5. The number of rotatable bonds is 10. The molecule has 0 heterocycles. The smallest absolute Gasteiger partial charge is 0.242 e. The normalized spacial score (nSPS) is 15.2. The van der Waals surface area contributed by atoms with E-state index in [2.05, 4.69) is 17.4 Å². The molecule has 32 heavy (non-hydrogen) atoms. The molecule has 0 spiro atoms. The van der Waals surface area contributed by atoms with Gasteiger partial charge in [-0.2, -0.15) is 0 Å². The fraction of sp³-hybridized carbons (Fsp3) is 0.462. The summed E-state index contributed by atoms with van der Waals surface area (Å²) in [6.45, 7) is 2.38. The largest absolute Gasteiger partial charge is 0.352 e. The van der Waals surface area contributed by atoms with Gasteiger partial charge >= 0.3 is 0 Å². The van der Waals surface area contributed by atoms with Crippen molar-refractivity contribution in [3.8, 4) is 0 Å². The number of nitrogens with zero attached hydrogens (tertiary/aromatic N) is 1. The zero-order valence-corrected chi connectivity index (χ0v) is 20.3. The Morgan fingerprint density at radius 2 is 1.78 bits per heavy atom. The first-order valence-electron chi connectivity index (χ1n) is 11.5. The fourth-order valence-corrected chi connectivity index (χ4v) is 5.18. The van der Waals surface area contributed by atoms with Crippen LogP contribution >= 0.6 is 23.4 Å². The maximum atomic E-state index is 13.2. The van der Waals surface area contributed by atoms with Gasteiger partial charge in [0.25, 0.3) is 0 Å². The summed E-state index contributed by atoms with van der Waals surface area (Å²) in [6.07, 6.45) is 6.37. The topological polar surface area (TPSA) is 49.4 Å². The molecule has 1 fully saturated rings. The third-order valence-electron chi connectivity index (χ3n) is 5.99. The molecule has 0 unspecified atom stereocenters. The van der Waals surface area contributed by atoms with Crippen LogP contribution in [-0.2, 0) is 21.8 Å². The minimum absolute atomic E-state index is 0.000691. The van der Waals surface area contributed by atoms with E-state index in [4.69, 9.17) is 11.6 Å². The van der Waals surface area contributed by atoms with Gasteiger partial charge in [-0.15, -0.1) is 11.8 Å². The second-order valence-electron chi connectivity index (χ2n) is 8.46. The van der Waals surface area contributed by atoms with Crippen LogP contribution in [0, 0.1) is 0 Å². The van der Waals surface area contributed by atoms with Crippen LogP contribution in [0.1, 0.15) is 50.2 Å². The second-order valence-corrected chi connectivity index (χ2v) is 9.89. The van der Waals surface area contributed by atoms with Crippen molar-refractivity contribution in [1.82, 2.24) is 10.2 Å². The summed E-state index contributed by atoms with van der Waals surface area (Å²) in [5.41, 5.74) is 2.26. The quantitative estimate of drug-likeness (QED) is 0.498. The maximum absolute atomic E-state index is 13.2. The molecule has 1 saturated carbocycles. The van der Waals surface area contributed by atoms with Gasteiger partial charge in [0.2, 0.25) is 11.8 Å². The molecule has 1 aliphatic carbocycles. The van der Waals surface area contributed by atoms with Crippen molar-refractivity contribution in [3.05, 3.63) is 70.7 Å². The van der Waals surface area contributed by atoms with E-state index in [9.17, 15) is 9.59 Å². The second kappa shape index (κ2) is 12.9. The number of carbonyl (C=O) groups excluding carboxylic acids is 2. The Balaban J connectivity index is 1.60. The Hall–Kier alpha value is -1.98. The zero-order chi connectivity index (χ0) is 22.8. The van der Waals surface area contributed by atoms with Crippen LogP contribution in [-0.4, -0.2) is 41.1 Å². The maximum Gasteiger partial charge on any atom is 0.242 e. The number of hydrogen-bond acceptors (Lipinski definition) is 3. The SMILES string of the molecule is C[C@@H](C(=O)NC1CCCCC1)N(CCc1ccccc1)C(=O)CSCc1cccc(Cl)c1. The summed E-state index contributed by atoms with van der Waals surface area (Å²) in [6, 6.07) is 17.6. The standard InChI is InChI=1S/C26H33ClN2O2S/c1-20(26(31)28-24-13-6-3-7-14-24)29(16-15-21-9-4-2-5-10-21)25(30)19-32-18-22-11-8-12-23(27)17-22/h2,4-5,8-12,17,20,24H,3,6-7,13-16,18-19H2,1H3,(H,28,31)/t20-/m0/s1. The van der Waals surface area contributed by atoms with Gasteiger partial charge in [0.1, 0.15) is 6.04 Å². The van der Waals surface area contributed by atoms with E-state index >= 15 is 0 Å². The number of amides is 2. The Labute approximate surface area is 201 Å². The van der Waals surface area contributed by atoms with Crippen LogP contribution in [0.3, 0.4) is 0 Å². The molecule has 172 valence electrons. The average Bonchev–Trinajstić information content (AvgIpc) is 2.80. The van der Waals surface area contributed by atoms with Gasteiger partial charge < -0.3 is 10.2 Å². The van der Waals surface area contributed by atoms with E-state index in [0.29, 0.717) is 23.1 Å². The molecule has 1 atom stereocenters. The monoisotopic (exact) mass is 472 g/mol. The van der Waals surface area contributed by atoms with Gasteiger partial charge in [-0.25, -0.2) is 0 Å². The molecule has 3 rings (SSSR count). The first kappa shape index (κ1) is 24.7. The van der Waals surface area contributed by atoms with Crippen molar-refractivity contribution >= 4 is 35.2 Å². The third-order valence-corrected chi connectivity index (χ3v) is 7.21. The van der Waals surface area contributed by atoms with Crippen LogP contribution in [0.25, 0.3) is 0 Å². The molecule has 0 saturated heterocycles. The van der Waals surface area contributed by atoms with Crippen molar-refractivity contribution in [3.63, 3.8) is 0 Å². The number of thioether (sulfide) groups is 1. The lowest BCUT2D eigenvalue weighted by Crippen LogP contribution is -2.51. The lowest BCUT2D eigenvalue weighted by atomic mass is 9.95. The lowest BCUT2D eigenvalue weighted by molar-refractivity contribution is -0.138. The lowest BCUT2D eigenvalue weighted by Gasteiger charge is -2.31. The number of benzene rings is 2. The van der Waals surface area contributed by atoms with Gasteiger partial charge in [0.15, 0.2) is 0 Å². The van der Waals surface area contributed by atoms with Crippen LogP contribution in [0.2, 0.25) is 5.02 Å².